The molecular weight excluding hydrogens is 703 g/mol. The normalized spacial score (nSPS) is 16.9. The molecule has 2 atom stereocenters. The van der Waals surface area contributed by atoms with Gasteiger partial charge >= 0.3 is 0 Å². The second kappa shape index (κ2) is 14.5. The van der Waals surface area contributed by atoms with Gasteiger partial charge in [0.2, 0.25) is 0 Å². The van der Waals surface area contributed by atoms with Crippen LogP contribution in [0, 0.1) is 0 Å². The molecule has 2 unspecified atom stereocenters. The molecule has 58 heavy (non-hydrogen) atoms. The molecule has 276 valence electrons. The van der Waals surface area contributed by atoms with E-state index in [4.69, 9.17) is 0 Å². The highest BCUT2D eigenvalue weighted by molar-refractivity contribution is 6.25. The zero-order chi connectivity index (χ0) is 38.4. The van der Waals surface area contributed by atoms with Gasteiger partial charge in [-0.3, -0.25) is 10.3 Å². The lowest BCUT2D eigenvalue weighted by Gasteiger charge is -2.27. The van der Waals surface area contributed by atoms with Gasteiger partial charge in [-0.15, -0.1) is 0 Å². The first-order chi connectivity index (χ1) is 28.7. The maximum absolute atomic E-state index is 3.86. The van der Waals surface area contributed by atoms with Gasteiger partial charge in [-0.1, -0.05) is 176 Å². The Hall–Kier alpha value is -7.07. The smallest absolute Gasteiger partial charge is 0.254 e. The van der Waals surface area contributed by atoms with Crippen LogP contribution in [0.3, 0.4) is 0 Å². The maximum Gasteiger partial charge on any atom is 0.278 e. The number of rotatable bonds is 6. The summed E-state index contributed by atoms with van der Waals surface area (Å²) >= 11 is 0. The van der Waals surface area contributed by atoms with Gasteiger partial charge in [0.15, 0.2) is 12.3 Å². The van der Waals surface area contributed by atoms with Crippen LogP contribution in [0.2, 0.25) is 0 Å². The molecule has 3 N–H and O–H groups in total. The Balaban J connectivity index is 0.980. The van der Waals surface area contributed by atoms with Crippen molar-refractivity contribution >= 4 is 60.1 Å². The van der Waals surface area contributed by atoms with Crippen molar-refractivity contribution in [2.24, 2.45) is 0 Å². The Labute approximate surface area is 338 Å². The van der Waals surface area contributed by atoms with Gasteiger partial charge in [-0.2, -0.15) is 0 Å². The summed E-state index contributed by atoms with van der Waals surface area (Å²) in [5, 5.41) is 18.1. The molecule has 0 saturated heterocycles. The third kappa shape index (κ3) is 6.08. The summed E-state index contributed by atoms with van der Waals surface area (Å²) in [6.07, 6.45) is 6.54. The highest BCUT2D eigenvalue weighted by atomic mass is 15.3. The topological polar surface area (TPSA) is 38.0 Å². The van der Waals surface area contributed by atoms with Crippen molar-refractivity contribution in [1.29, 1.82) is 0 Å². The fourth-order valence-corrected chi connectivity index (χ4v) is 9.29. The van der Waals surface area contributed by atoms with Crippen LogP contribution in [0.15, 0.2) is 200 Å². The molecule has 9 aromatic rings. The van der Waals surface area contributed by atoms with E-state index in [1.165, 1.54) is 87.6 Å². The van der Waals surface area contributed by atoms with E-state index >= 15 is 0 Å². The predicted octanol–water partition coefficient (Wildman–Crippen LogP) is 11.6. The first-order valence-electron chi connectivity index (χ1n) is 20.4. The Kier molecular flexibility index (Phi) is 8.53. The molecule has 9 aromatic carbocycles. The largest absolute Gasteiger partial charge is 0.278 e. The first-order valence-corrected chi connectivity index (χ1v) is 20.4. The quantitative estimate of drug-likeness (QED) is 0.148. The van der Waals surface area contributed by atoms with Gasteiger partial charge in [-0.25, -0.2) is 5.32 Å². The highest BCUT2D eigenvalue weighted by Gasteiger charge is 2.31. The second-order valence-electron chi connectivity index (χ2n) is 15.5. The minimum atomic E-state index is -0.109. The molecule has 3 heteroatoms. The molecule has 1 aliphatic carbocycles. The lowest BCUT2D eigenvalue weighted by atomic mass is 9.83. The van der Waals surface area contributed by atoms with E-state index in [2.05, 4.69) is 216 Å². The van der Waals surface area contributed by atoms with Crippen LogP contribution in [0.1, 0.15) is 53.0 Å². The van der Waals surface area contributed by atoms with E-state index < -0.39 is 0 Å². The zero-order valence-electron chi connectivity index (χ0n) is 32.1. The van der Waals surface area contributed by atoms with E-state index in [0.717, 1.165) is 24.2 Å². The van der Waals surface area contributed by atoms with E-state index in [-0.39, 0.29) is 12.3 Å². The van der Waals surface area contributed by atoms with Crippen molar-refractivity contribution in [3.05, 3.63) is 228 Å². The summed E-state index contributed by atoms with van der Waals surface area (Å²) in [5.74, 6) is 1.01. The number of hydrogen-bond acceptors (Lipinski definition) is 2. The molecular formula is C55H42N3+. The van der Waals surface area contributed by atoms with E-state index in [1.807, 2.05) is 0 Å². The lowest BCUT2D eigenvalue weighted by Crippen LogP contribution is -2.85. The summed E-state index contributed by atoms with van der Waals surface area (Å²) < 4.78 is 0. The third-order valence-corrected chi connectivity index (χ3v) is 12.2. The molecule has 0 fully saturated rings. The predicted molar refractivity (Wildman–Crippen MR) is 243 cm³/mol. The highest BCUT2D eigenvalue weighted by Crippen LogP contribution is 2.42. The summed E-state index contributed by atoms with van der Waals surface area (Å²) in [6, 6.07) is 68.4. The van der Waals surface area contributed by atoms with Crippen LogP contribution in [-0.4, -0.2) is 5.84 Å². The summed E-state index contributed by atoms with van der Waals surface area (Å²) in [5.41, 5.74) is 11.4. The van der Waals surface area contributed by atoms with Crippen LogP contribution in [0.25, 0.3) is 65.4 Å². The number of amidine groups is 1. The average molecular weight is 745 g/mol. The van der Waals surface area contributed by atoms with Gasteiger partial charge in [-0.05, 0) is 114 Å². The van der Waals surface area contributed by atoms with E-state index in [1.54, 1.807) is 0 Å². The molecule has 11 rings (SSSR count). The fraction of sp³-hybridized carbons (Fsp3) is 0.0727. The number of allylic oxidation sites excluding steroid dienone is 4. The van der Waals surface area contributed by atoms with Gasteiger partial charge in [0.25, 0.3) is 5.84 Å². The van der Waals surface area contributed by atoms with Crippen LogP contribution >= 0.6 is 0 Å². The summed E-state index contributed by atoms with van der Waals surface area (Å²) in [7, 11) is 0. The van der Waals surface area contributed by atoms with Crippen LogP contribution in [0.5, 0.6) is 0 Å². The van der Waals surface area contributed by atoms with Crippen molar-refractivity contribution in [3.8, 4) is 11.1 Å². The van der Waals surface area contributed by atoms with E-state index in [0.29, 0.717) is 0 Å². The fourth-order valence-electron chi connectivity index (χ4n) is 9.29. The molecule has 3 nitrogen and oxygen atoms in total. The average Bonchev–Trinajstić information content (AvgIpc) is 3.31. The van der Waals surface area contributed by atoms with Crippen molar-refractivity contribution in [3.63, 3.8) is 0 Å². The van der Waals surface area contributed by atoms with E-state index in [9.17, 15) is 0 Å². The SMILES string of the molecule is C1=C(c2ccc3c4ccccc4c4ccccc4c3c2)CCC(c2c(-c3cccc(C4NC(c5ccccc5)=[NH+]C(c5ccccc5)N4)c3)ccc3ccccc23)=C1. The number of hydrogen-bond donors (Lipinski definition) is 3. The van der Waals surface area contributed by atoms with Crippen molar-refractivity contribution in [1.82, 2.24) is 10.6 Å². The summed E-state index contributed by atoms with van der Waals surface area (Å²) in [6.45, 7) is 0. The van der Waals surface area contributed by atoms with Gasteiger partial charge < -0.3 is 0 Å². The number of fused-ring (bicyclic) bond motifs is 7. The van der Waals surface area contributed by atoms with Crippen molar-refractivity contribution in [2.45, 2.75) is 25.2 Å². The Morgan fingerprint density at radius 1 is 0.414 bits per heavy atom. The second-order valence-corrected chi connectivity index (χ2v) is 15.5. The van der Waals surface area contributed by atoms with Crippen LogP contribution in [0.4, 0.5) is 0 Å². The molecule has 0 saturated carbocycles. The molecule has 0 aromatic heterocycles. The molecule has 0 bridgehead atoms. The monoisotopic (exact) mass is 744 g/mol. The van der Waals surface area contributed by atoms with Gasteiger partial charge in [0.05, 0.1) is 5.56 Å². The molecule has 2 aliphatic rings. The minimum absolute atomic E-state index is 0.0587. The van der Waals surface area contributed by atoms with Crippen LogP contribution < -0.4 is 15.6 Å². The van der Waals surface area contributed by atoms with Crippen molar-refractivity contribution in [2.75, 3.05) is 0 Å². The van der Waals surface area contributed by atoms with Crippen LogP contribution in [-0.2, 0) is 0 Å². The Morgan fingerprint density at radius 3 is 1.72 bits per heavy atom. The standard InChI is InChI=1S/C55H41N3/c1-3-15-39(16-4-1)53-56-54(40-17-5-2-6-18-40)58-55(57-53)43-20-13-19-42(34-43)45-32-30-37-14-7-8-21-44(37)52(45)38-28-26-36(27-29-38)41-31-33-50-48-24-10-9-22-46(48)47-23-11-12-25-49(47)51(50)35-41/h1-26,28,30-35,53,55,57H,27,29H2,(H,56,58)/p+1. The lowest BCUT2D eigenvalue weighted by molar-refractivity contribution is -0.527. The molecule has 0 amide bonds. The zero-order valence-corrected chi connectivity index (χ0v) is 32.1. The maximum atomic E-state index is 3.86. The van der Waals surface area contributed by atoms with Gasteiger partial charge in [0, 0.05) is 11.1 Å². The van der Waals surface area contributed by atoms with Gasteiger partial charge in [0.1, 0.15) is 0 Å². The molecule has 1 heterocycles. The molecule has 1 aliphatic heterocycles. The molecule has 0 radical (unpaired) electrons. The first kappa shape index (κ1) is 34.2. The number of benzene rings is 9. The third-order valence-electron chi connectivity index (χ3n) is 12.2. The number of nitrogens with one attached hydrogen (secondary N) is 3. The Bertz CT molecular complexity index is 3090. The molecule has 0 spiro atoms. The minimum Gasteiger partial charge on any atom is -0.254 e. The summed E-state index contributed by atoms with van der Waals surface area (Å²) in [4.78, 5) is 3.72. The van der Waals surface area contributed by atoms with Crippen molar-refractivity contribution < 1.29 is 4.99 Å². The Morgan fingerprint density at radius 2 is 1.00 bits per heavy atom.